The Kier molecular flexibility index (Phi) is 6.57. The molecule has 0 fully saturated rings. The molecule has 90 valence electrons. The normalized spacial score (nSPS) is 15.5. The van der Waals surface area contributed by atoms with Crippen LogP contribution in [0.2, 0.25) is 0 Å². The first kappa shape index (κ1) is 14.4. The molecular weight excluding hydrogens is 188 g/mol. The van der Waals surface area contributed by atoms with Crippen molar-refractivity contribution in [3.8, 4) is 0 Å². The number of rotatable bonds is 6. The van der Waals surface area contributed by atoms with Gasteiger partial charge in [0.05, 0.1) is 6.04 Å². The summed E-state index contributed by atoms with van der Waals surface area (Å²) in [5.41, 5.74) is 5.75. The monoisotopic (exact) mass is 214 g/mol. The van der Waals surface area contributed by atoms with E-state index in [1.54, 1.807) is 0 Å². The molecule has 0 aromatic carbocycles. The molecule has 0 spiro atoms. The van der Waals surface area contributed by atoms with Crippen LogP contribution in [0.4, 0.5) is 0 Å². The predicted octanol–water partition coefficient (Wildman–Crippen LogP) is 1.91. The van der Waals surface area contributed by atoms with Crippen LogP contribution in [0.1, 0.15) is 47.5 Å². The molecule has 0 aromatic rings. The van der Waals surface area contributed by atoms with Gasteiger partial charge in [-0.15, -0.1) is 0 Å². The minimum Gasteiger partial charge on any atom is -0.352 e. The van der Waals surface area contributed by atoms with Crippen LogP contribution in [0.15, 0.2) is 0 Å². The molecule has 3 heteroatoms. The average molecular weight is 214 g/mol. The highest BCUT2D eigenvalue weighted by Crippen LogP contribution is 2.07. The Hall–Kier alpha value is -0.570. The number of hydrogen-bond acceptors (Lipinski definition) is 2. The van der Waals surface area contributed by atoms with Crippen molar-refractivity contribution in [3.05, 3.63) is 0 Å². The molecule has 15 heavy (non-hydrogen) atoms. The van der Waals surface area contributed by atoms with Gasteiger partial charge < -0.3 is 11.1 Å². The molecule has 0 saturated heterocycles. The highest BCUT2D eigenvalue weighted by molar-refractivity contribution is 5.81. The number of nitrogens with one attached hydrogen (secondary N) is 1. The van der Waals surface area contributed by atoms with Crippen LogP contribution in [-0.2, 0) is 4.79 Å². The Morgan fingerprint density at radius 1 is 1.13 bits per heavy atom. The summed E-state index contributed by atoms with van der Waals surface area (Å²) in [7, 11) is 0. The first-order valence-electron chi connectivity index (χ1n) is 5.90. The molecule has 0 heterocycles. The third-order valence-corrected chi connectivity index (χ3v) is 2.59. The lowest BCUT2D eigenvalue weighted by molar-refractivity contribution is -0.123. The fourth-order valence-electron chi connectivity index (χ4n) is 1.30. The van der Waals surface area contributed by atoms with Gasteiger partial charge in [0, 0.05) is 6.04 Å². The second-order valence-electron chi connectivity index (χ2n) is 5.15. The Labute approximate surface area is 93.8 Å². The predicted molar refractivity (Wildman–Crippen MR) is 64.5 cm³/mol. The van der Waals surface area contributed by atoms with E-state index in [2.05, 4.69) is 19.2 Å². The van der Waals surface area contributed by atoms with Crippen LogP contribution in [0, 0.1) is 11.8 Å². The van der Waals surface area contributed by atoms with Gasteiger partial charge in [0.25, 0.3) is 0 Å². The fraction of sp³-hybridized carbons (Fsp3) is 0.917. The van der Waals surface area contributed by atoms with Gasteiger partial charge in [-0.1, -0.05) is 27.7 Å². The lowest BCUT2D eigenvalue weighted by Crippen LogP contribution is -2.47. The van der Waals surface area contributed by atoms with Gasteiger partial charge in [-0.3, -0.25) is 4.79 Å². The number of amides is 1. The summed E-state index contributed by atoms with van der Waals surface area (Å²) in [5.74, 6) is 0.853. The second kappa shape index (κ2) is 6.83. The first-order valence-corrected chi connectivity index (χ1v) is 5.90. The quantitative estimate of drug-likeness (QED) is 0.709. The SMILES string of the molecule is CC(C)CCC(C)NC(=O)[C@@H](N)C(C)C. The summed E-state index contributed by atoms with van der Waals surface area (Å²) in [6, 6.07) is -0.156. The zero-order valence-electron chi connectivity index (χ0n) is 10.7. The standard InChI is InChI=1S/C12H26N2O/c1-8(2)6-7-10(5)14-12(15)11(13)9(3)4/h8-11H,6-7,13H2,1-5H3,(H,14,15)/t10?,11-/m0/s1. The summed E-state index contributed by atoms with van der Waals surface area (Å²) in [6.07, 6.45) is 2.16. The fourth-order valence-corrected chi connectivity index (χ4v) is 1.30. The molecule has 0 rings (SSSR count). The second-order valence-corrected chi connectivity index (χ2v) is 5.15. The third-order valence-electron chi connectivity index (χ3n) is 2.59. The van der Waals surface area contributed by atoms with Crippen molar-refractivity contribution in [1.29, 1.82) is 0 Å². The van der Waals surface area contributed by atoms with E-state index in [9.17, 15) is 4.79 Å². The van der Waals surface area contributed by atoms with E-state index in [1.807, 2.05) is 20.8 Å². The summed E-state index contributed by atoms with van der Waals surface area (Å²) >= 11 is 0. The van der Waals surface area contributed by atoms with Crippen LogP contribution in [0.25, 0.3) is 0 Å². The van der Waals surface area contributed by atoms with Crippen molar-refractivity contribution < 1.29 is 4.79 Å². The number of carbonyl (C=O) groups is 1. The van der Waals surface area contributed by atoms with Gasteiger partial charge >= 0.3 is 0 Å². The number of carbonyl (C=O) groups excluding carboxylic acids is 1. The van der Waals surface area contributed by atoms with E-state index < -0.39 is 0 Å². The van der Waals surface area contributed by atoms with Crippen molar-refractivity contribution in [1.82, 2.24) is 5.32 Å². The molecule has 0 aliphatic carbocycles. The van der Waals surface area contributed by atoms with E-state index in [1.165, 1.54) is 0 Å². The highest BCUT2D eigenvalue weighted by Gasteiger charge is 2.18. The van der Waals surface area contributed by atoms with E-state index >= 15 is 0 Å². The molecule has 3 nitrogen and oxygen atoms in total. The molecule has 0 aliphatic heterocycles. The van der Waals surface area contributed by atoms with Crippen LogP contribution in [-0.4, -0.2) is 18.0 Å². The lowest BCUT2D eigenvalue weighted by Gasteiger charge is -2.20. The molecule has 0 radical (unpaired) electrons. The summed E-state index contributed by atoms with van der Waals surface area (Å²) in [4.78, 5) is 11.6. The van der Waals surface area contributed by atoms with Gasteiger partial charge in [-0.05, 0) is 31.6 Å². The van der Waals surface area contributed by atoms with E-state index in [4.69, 9.17) is 5.73 Å². The Bertz CT molecular complexity index is 190. The molecule has 1 unspecified atom stereocenters. The largest absolute Gasteiger partial charge is 0.352 e. The van der Waals surface area contributed by atoms with Crippen LogP contribution < -0.4 is 11.1 Å². The maximum absolute atomic E-state index is 11.6. The van der Waals surface area contributed by atoms with Gasteiger partial charge in [-0.25, -0.2) is 0 Å². The van der Waals surface area contributed by atoms with E-state index in [0.29, 0.717) is 5.92 Å². The molecule has 0 bridgehead atoms. The van der Waals surface area contributed by atoms with Gasteiger partial charge in [-0.2, -0.15) is 0 Å². The molecule has 0 aromatic heterocycles. The smallest absolute Gasteiger partial charge is 0.237 e. The Morgan fingerprint density at radius 3 is 2.07 bits per heavy atom. The van der Waals surface area contributed by atoms with Crippen molar-refractivity contribution in [2.24, 2.45) is 17.6 Å². The minimum atomic E-state index is -0.383. The minimum absolute atomic E-state index is 0.0266. The summed E-state index contributed by atoms with van der Waals surface area (Å²) in [6.45, 7) is 10.3. The topological polar surface area (TPSA) is 55.1 Å². The maximum Gasteiger partial charge on any atom is 0.237 e. The van der Waals surface area contributed by atoms with Crippen LogP contribution >= 0.6 is 0 Å². The highest BCUT2D eigenvalue weighted by atomic mass is 16.2. The molecule has 1 amide bonds. The third kappa shape index (κ3) is 6.50. The Balaban J connectivity index is 3.85. The zero-order valence-corrected chi connectivity index (χ0v) is 10.7. The molecule has 3 N–H and O–H groups in total. The molecular formula is C12H26N2O. The maximum atomic E-state index is 11.6. The molecule has 0 aliphatic rings. The Morgan fingerprint density at radius 2 is 1.67 bits per heavy atom. The van der Waals surface area contributed by atoms with Gasteiger partial charge in [0.15, 0.2) is 0 Å². The van der Waals surface area contributed by atoms with Gasteiger partial charge in [0.1, 0.15) is 0 Å². The van der Waals surface area contributed by atoms with Crippen molar-refractivity contribution in [2.45, 2.75) is 59.5 Å². The summed E-state index contributed by atoms with van der Waals surface area (Å²) < 4.78 is 0. The summed E-state index contributed by atoms with van der Waals surface area (Å²) in [5, 5.41) is 2.95. The average Bonchev–Trinajstić information content (AvgIpc) is 2.13. The van der Waals surface area contributed by atoms with Gasteiger partial charge in [0.2, 0.25) is 5.91 Å². The van der Waals surface area contributed by atoms with Crippen molar-refractivity contribution >= 4 is 5.91 Å². The first-order chi connectivity index (χ1) is 6.84. The zero-order chi connectivity index (χ0) is 12.0. The number of nitrogens with two attached hydrogens (primary N) is 1. The molecule has 0 saturated carbocycles. The van der Waals surface area contributed by atoms with E-state index in [-0.39, 0.29) is 23.9 Å². The van der Waals surface area contributed by atoms with Crippen molar-refractivity contribution in [2.75, 3.05) is 0 Å². The van der Waals surface area contributed by atoms with Crippen molar-refractivity contribution in [3.63, 3.8) is 0 Å². The van der Waals surface area contributed by atoms with Crippen LogP contribution in [0.5, 0.6) is 0 Å². The molecule has 2 atom stereocenters. The van der Waals surface area contributed by atoms with Crippen LogP contribution in [0.3, 0.4) is 0 Å². The van der Waals surface area contributed by atoms with E-state index in [0.717, 1.165) is 12.8 Å². The number of hydrogen-bond donors (Lipinski definition) is 2. The lowest BCUT2D eigenvalue weighted by atomic mass is 10.0.